The van der Waals surface area contributed by atoms with E-state index in [0.29, 0.717) is 26.6 Å². The molecule has 2 N–H and O–H groups in total. The summed E-state index contributed by atoms with van der Waals surface area (Å²) >= 11 is 6.03. The molecule has 3 aromatic rings. The fraction of sp³-hybridized carbons (Fsp3) is 0.0769. The van der Waals surface area contributed by atoms with Crippen LogP contribution in [0.5, 0.6) is 0 Å². The van der Waals surface area contributed by atoms with Crippen LogP contribution < -0.4 is 5.32 Å². The molecule has 23 heavy (non-hydrogen) atoms. The van der Waals surface area contributed by atoms with Crippen molar-refractivity contribution in [1.29, 1.82) is 5.41 Å². The van der Waals surface area contributed by atoms with Gasteiger partial charge < -0.3 is 5.32 Å². The van der Waals surface area contributed by atoms with Gasteiger partial charge in [-0.25, -0.2) is 14.0 Å². The predicted molar refractivity (Wildman–Crippen MR) is 90.5 cm³/mol. The molecule has 0 saturated carbocycles. The maximum atomic E-state index is 13.2. The Labute approximate surface area is 147 Å². The van der Waals surface area contributed by atoms with Gasteiger partial charge in [-0.05, 0) is 44.4 Å². The van der Waals surface area contributed by atoms with Gasteiger partial charge in [0.2, 0.25) is 0 Å². The molecule has 6 nitrogen and oxygen atoms in total. The third-order valence-electron chi connectivity index (χ3n) is 2.70. The minimum atomic E-state index is -0.370. The zero-order valence-electron chi connectivity index (χ0n) is 11.4. The first-order valence-electron chi connectivity index (χ1n) is 6.28. The minimum absolute atomic E-state index is 0.0198. The molecule has 2 aromatic heterocycles. The molecule has 0 atom stereocenters. The average Bonchev–Trinajstić information content (AvgIpc) is 3.19. The Balaban J connectivity index is 1.70. The quantitative estimate of drug-likeness (QED) is 0.370. The van der Waals surface area contributed by atoms with E-state index < -0.39 is 0 Å². The highest BCUT2D eigenvalue weighted by Gasteiger charge is 2.17. The fourth-order valence-corrected chi connectivity index (χ4v) is 3.58. The number of rotatable bonds is 5. The van der Waals surface area contributed by atoms with Crippen molar-refractivity contribution in [2.45, 2.75) is 10.8 Å². The lowest BCUT2D eigenvalue weighted by molar-refractivity contribution is 0.298. The highest BCUT2D eigenvalue weighted by atomic mass is 79.9. The number of thioether (sulfide) groups is 1. The van der Waals surface area contributed by atoms with Crippen molar-refractivity contribution >= 4 is 50.6 Å². The third kappa shape index (κ3) is 3.95. The summed E-state index contributed by atoms with van der Waals surface area (Å²) in [6.07, 6.45) is 1.73. The van der Waals surface area contributed by atoms with Crippen LogP contribution >= 0.6 is 39.0 Å². The molecule has 0 spiro atoms. The van der Waals surface area contributed by atoms with Crippen LogP contribution in [0.3, 0.4) is 0 Å². The van der Waals surface area contributed by atoms with E-state index in [1.807, 2.05) is 5.38 Å². The molecule has 0 aliphatic heterocycles. The van der Waals surface area contributed by atoms with Gasteiger partial charge in [-0.1, -0.05) is 11.8 Å². The van der Waals surface area contributed by atoms with Gasteiger partial charge in [-0.2, -0.15) is 0 Å². The Morgan fingerprint density at radius 1 is 1.43 bits per heavy atom. The Hall–Kier alpha value is -1.78. The molecule has 1 aromatic carbocycles. The lowest BCUT2D eigenvalue weighted by Crippen LogP contribution is -2.13. The number of benzene rings is 1. The lowest BCUT2D eigenvalue weighted by Gasteiger charge is -2.06. The van der Waals surface area contributed by atoms with E-state index in [1.165, 1.54) is 23.9 Å². The number of amidine groups is 1. The van der Waals surface area contributed by atoms with E-state index >= 15 is 0 Å². The Bertz CT molecular complexity index is 824. The largest absolute Gasteiger partial charge is 0.339 e. The molecule has 0 aliphatic carbocycles. The monoisotopic (exact) mass is 413 g/mol. The summed E-state index contributed by atoms with van der Waals surface area (Å²) in [5.74, 6) is 0.269. The summed E-state index contributed by atoms with van der Waals surface area (Å²) in [7, 11) is 0. The number of nitrogens with zero attached hydrogens (tertiary/aromatic N) is 3. The number of hydrogen-bond acceptors (Lipinski definition) is 7. The summed E-state index contributed by atoms with van der Waals surface area (Å²) in [6, 6.07) is 4.38. The number of anilines is 1. The summed E-state index contributed by atoms with van der Waals surface area (Å²) in [6.45, 7) is 0. The van der Waals surface area contributed by atoms with E-state index in [1.54, 1.807) is 23.6 Å². The summed E-state index contributed by atoms with van der Waals surface area (Å²) in [5, 5.41) is 21.9. The maximum Gasteiger partial charge on any atom is 0.183 e. The van der Waals surface area contributed by atoms with Crippen molar-refractivity contribution in [3.63, 3.8) is 0 Å². The van der Waals surface area contributed by atoms with Crippen LogP contribution in [0.25, 0.3) is 0 Å². The van der Waals surface area contributed by atoms with Gasteiger partial charge in [0, 0.05) is 17.3 Å². The highest BCUT2D eigenvalue weighted by molar-refractivity contribution is 9.10. The first-order valence-corrected chi connectivity index (χ1v) is 8.94. The van der Waals surface area contributed by atoms with Crippen molar-refractivity contribution in [2.75, 3.05) is 5.32 Å². The lowest BCUT2D eigenvalue weighted by atomic mass is 10.3. The minimum Gasteiger partial charge on any atom is -0.339 e. The van der Waals surface area contributed by atoms with Crippen LogP contribution in [0.1, 0.15) is 10.7 Å². The van der Waals surface area contributed by atoms with Crippen LogP contribution in [0, 0.1) is 11.2 Å². The van der Waals surface area contributed by atoms with Crippen molar-refractivity contribution in [1.82, 2.24) is 15.3 Å². The fourth-order valence-electron chi connectivity index (χ4n) is 1.66. The molecule has 0 unspecified atom stereocenters. The second-order valence-corrected chi connectivity index (χ2v) is 7.06. The van der Waals surface area contributed by atoms with E-state index in [2.05, 4.69) is 36.5 Å². The van der Waals surface area contributed by atoms with Crippen molar-refractivity contribution in [3.05, 3.63) is 50.8 Å². The molecule has 0 saturated heterocycles. The van der Waals surface area contributed by atoms with Gasteiger partial charge >= 0.3 is 0 Å². The normalized spacial score (nSPS) is 10.7. The van der Waals surface area contributed by atoms with Gasteiger partial charge in [0.15, 0.2) is 16.6 Å². The second-order valence-electron chi connectivity index (χ2n) is 4.26. The molecule has 10 heteroatoms. The Morgan fingerprint density at radius 2 is 2.30 bits per heavy atom. The number of nitrogens with one attached hydrogen (secondary N) is 2. The maximum absolute atomic E-state index is 13.2. The molecule has 0 aliphatic rings. The first kappa shape index (κ1) is 16.1. The molecular formula is C13H9BrFN5OS2. The van der Waals surface area contributed by atoms with Crippen LogP contribution in [-0.4, -0.2) is 21.1 Å². The zero-order valence-corrected chi connectivity index (χ0v) is 14.6. The SMILES string of the molecule is N=C(Nc1ccc(F)c(Br)c1)c1nonc1SCc1nccs1. The number of hydrogen-bond donors (Lipinski definition) is 2. The number of aromatic nitrogens is 3. The molecule has 0 fully saturated rings. The topological polar surface area (TPSA) is 87.7 Å². The predicted octanol–water partition coefficient (Wildman–Crippen LogP) is 4.16. The van der Waals surface area contributed by atoms with Crippen LogP contribution in [-0.2, 0) is 5.75 Å². The van der Waals surface area contributed by atoms with Gasteiger partial charge in [-0.15, -0.1) is 11.3 Å². The summed E-state index contributed by atoms with van der Waals surface area (Å²) in [4.78, 5) is 4.18. The number of halogens is 2. The Kier molecular flexibility index (Phi) is 5.03. The molecule has 0 bridgehead atoms. The van der Waals surface area contributed by atoms with E-state index in [0.717, 1.165) is 5.01 Å². The average molecular weight is 414 g/mol. The van der Waals surface area contributed by atoms with Gasteiger partial charge in [-0.3, -0.25) is 5.41 Å². The van der Waals surface area contributed by atoms with Crippen LogP contribution in [0.2, 0.25) is 0 Å². The third-order valence-corrected chi connectivity index (χ3v) is 5.23. The van der Waals surface area contributed by atoms with E-state index in [-0.39, 0.29) is 11.7 Å². The molecule has 3 rings (SSSR count). The van der Waals surface area contributed by atoms with Gasteiger partial charge in [0.05, 0.1) is 10.2 Å². The van der Waals surface area contributed by atoms with Gasteiger partial charge in [0.1, 0.15) is 10.8 Å². The molecule has 2 heterocycles. The van der Waals surface area contributed by atoms with Gasteiger partial charge in [0.25, 0.3) is 0 Å². The molecule has 0 radical (unpaired) electrons. The molecule has 0 amide bonds. The van der Waals surface area contributed by atoms with E-state index in [4.69, 9.17) is 10.0 Å². The van der Waals surface area contributed by atoms with Crippen LogP contribution in [0.15, 0.2) is 43.9 Å². The molecular weight excluding hydrogens is 405 g/mol. The van der Waals surface area contributed by atoms with Crippen LogP contribution in [0.4, 0.5) is 10.1 Å². The van der Waals surface area contributed by atoms with Crippen molar-refractivity contribution < 1.29 is 9.02 Å². The second kappa shape index (κ2) is 7.20. The summed E-state index contributed by atoms with van der Waals surface area (Å²) in [5.41, 5.74) is 0.856. The van der Waals surface area contributed by atoms with E-state index in [9.17, 15) is 4.39 Å². The smallest absolute Gasteiger partial charge is 0.183 e. The zero-order chi connectivity index (χ0) is 16.2. The molecule has 118 valence electrons. The van der Waals surface area contributed by atoms with Crippen molar-refractivity contribution in [3.8, 4) is 0 Å². The number of thiazole rings is 1. The highest BCUT2D eigenvalue weighted by Crippen LogP contribution is 2.25. The van der Waals surface area contributed by atoms with Crippen molar-refractivity contribution in [2.24, 2.45) is 0 Å². The summed E-state index contributed by atoms with van der Waals surface area (Å²) < 4.78 is 18.3. The first-order chi connectivity index (χ1) is 11.1. The Morgan fingerprint density at radius 3 is 3.04 bits per heavy atom. The standard InChI is InChI=1S/C13H9BrFN5OS2/c14-8-5-7(1-2-9(8)15)18-12(16)11-13(20-21-19-11)23-6-10-17-3-4-22-10/h1-5H,6H2,(H2,16,18).